The molecule has 0 bridgehead atoms. The second kappa shape index (κ2) is 9.20. The predicted octanol–water partition coefficient (Wildman–Crippen LogP) is 5.03. The van der Waals surface area contributed by atoms with Crippen LogP contribution in [0.2, 0.25) is 5.02 Å². The molecule has 1 aliphatic carbocycles. The number of halogens is 1. The molecule has 0 unspecified atom stereocenters. The molecule has 4 rings (SSSR count). The van der Waals surface area contributed by atoms with E-state index >= 15 is 0 Å². The number of amides is 4. The maximum absolute atomic E-state index is 13.0. The Kier molecular flexibility index (Phi) is 6.38. The Balaban J connectivity index is 1.57. The summed E-state index contributed by atoms with van der Waals surface area (Å²) in [5, 5.41) is 3.69. The van der Waals surface area contributed by atoms with Crippen LogP contribution in [0.1, 0.15) is 37.9 Å². The van der Waals surface area contributed by atoms with Crippen molar-refractivity contribution in [1.82, 2.24) is 5.32 Å². The summed E-state index contributed by atoms with van der Waals surface area (Å²) in [6.45, 7) is 0. The van der Waals surface area contributed by atoms with Crippen molar-refractivity contribution < 1.29 is 23.5 Å². The molecule has 2 aliphatic rings. The molecule has 0 atom stereocenters. The Morgan fingerprint density at radius 1 is 1.16 bits per heavy atom. The van der Waals surface area contributed by atoms with E-state index in [1.807, 2.05) is 6.07 Å². The van der Waals surface area contributed by atoms with Crippen LogP contribution in [0.4, 0.5) is 10.5 Å². The molecule has 31 heavy (non-hydrogen) atoms. The zero-order valence-corrected chi connectivity index (χ0v) is 18.4. The number of carbonyl (C=O) groups excluding carboxylic acids is 3. The average molecular weight is 461 g/mol. The predicted molar refractivity (Wildman–Crippen MR) is 118 cm³/mol. The number of hydrogen-bond donors (Lipinski definition) is 1. The van der Waals surface area contributed by atoms with Crippen molar-refractivity contribution in [3.63, 3.8) is 0 Å². The van der Waals surface area contributed by atoms with Crippen molar-refractivity contribution in [3.05, 3.63) is 46.7 Å². The van der Waals surface area contributed by atoms with Gasteiger partial charge in [-0.1, -0.05) is 42.6 Å². The number of nitrogens with one attached hydrogen (secondary N) is 1. The van der Waals surface area contributed by atoms with Gasteiger partial charge in [0.15, 0.2) is 5.09 Å². The quantitative estimate of drug-likeness (QED) is 0.497. The van der Waals surface area contributed by atoms with Crippen LogP contribution in [0.3, 0.4) is 0 Å². The van der Waals surface area contributed by atoms with Gasteiger partial charge in [-0.2, -0.15) is 0 Å². The van der Waals surface area contributed by atoms with E-state index < -0.39 is 17.8 Å². The van der Waals surface area contributed by atoms with E-state index in [4.69, 9.17) is 20.8 Å². The molecular formula is C22H21ClN2O5S. The van der Waals surface area contributed by atoms with Crippen molar-refractivity contribution in [2.24, 2.45) is 0 Å². The third-order valence-electron chi connectivity index (χ3n) is 5.22. The van der Waals surface area contributed by atoms with E-state index in [-0.39, 0.29) is 16.3 Å². The van der Waals surface area contributed by atoms with Crippen LogP contribution in [-0.4, -0.2) is 30.2 Å². The minimum absolute atomic E-state index is 0.199. The van der Waals surface area contributed by atoms with Crippen LogP contribution in [0, 0.1) is 0 Å². The lowest BCUT2D eigenvalue weighted by atomic mass is 10.0. The molecule has 1 N–H and O–H groups in total. The van der Waals surface area contributed by atoms with E-state index in [9.17, 15) is 14.4 Å². The first-order chi connectivity index (χ1) is 15.0. The summed E-state index contributed by atoms with van der Waals surface area (Å²) < 4.78 is 10.9. The van der Waals surface area contributed by atoms with Gasteiger partial charge in [0.2, 0.25) is 0 Å². The zero-order chi connectivity index (χ0) is 22.0. The third kappa shape index (κ3) is 4.65. The number of nitrogens with zero attached hydrogens (tertiary/aromatic N) is 1. The number of benzene rings is 1. The molecule has 162 valence electrons. The highest BCUT2D eigenvalue weighted by Gasteiger charge is 2.37. The number of hydrogen-bond acceptors (Lipinski definition) is 6. The summed E-state index contributed by atoms with van der Waals surface area (Å²) in [5.74, 6) is -0.754. The summed E-state index contributed by atoms with van der Waals surface area (Å²) in [6, 6.07) is 7.19. The van der Waals surface area contributed by atoms with Gasteiger partial charge in [0.05, 0.1) is 17.8 Å². The Hall–Kier alpha value is -2.71. The molecule has 1 saturated carbocycles. The van der Waals surface area contributed by atoms with E-state index in [0.29, 0.717) is 16.8 Å². The second-order valence-corrected chi connectivity index (χ2v) is 9.02. The number of thioether (sulfide) groups is 1. The first kappa shape index (κ1) is 21.5. The van der Waals surface area contributed by atoms with Crippen molar-refractivity contribution in [1.29, 1.82) is 0 Å². The van der Waals surface area contributed by atoms with Crippen molar-refractivity contribution in [2.75, 3.05) is 12.0 Å². The standard InChI is InChI=1S/C22H21ClN2O5S/c1-29-18-9-7-13(11-17(18)23)25-21(27)16(20(26)24-22(25)28)12-14-8-10-19(30-14)31-15-5-3-2-4-6-15/h7-12,15H,2-6H2,1H3,(H,24,26,28)/b16-12-. The van der Waals surface area contributed by atoms with E-state index in [1.54, 1.807) is 23.9 Å². The van der Waals surface area contributed by atoms with Gasteiger partial charge in [-0.3, -0.25) is 14.9 Å². The molecule has 0 radical (unpaired) electrons. The smallest absolute Gasteiger partial charge is 0.335 e. The Morgan fingerprint density at radius 2 is 1.94 bits per heavy atom. The summed E-state index contributed by atoms with van der Waals surface area (Å²) in [7, 11) is 1.46. The summed E-state index contributed by atoms with van der Waals surface area (Å²) >= 11 is 7.81. The fourth-order valence-corrected chi connectivity index (χ4v) is 5.09. The number of rotatable bonds is 5. The van der Waals surface area contributed by atoms with Gasteiger partial charge in [0.1, 0.15) is 17.1 Å². The van der Waals surface area contributed by atoms with E-state index in [2.05, 4.69) is 5.32 Å². The summed E-state index contributed by atoms with van der Waals surface area (Å²) in [4.78, 5) is 38.6. The maximum Gasteiger partial charge on any atom is 0.335 e. The Labute approximate surface area is 188 Å². The van der Waals surface area contributed by atoms with Gasteiger partial charge in [-0.05, 0) is 49.2 Å². The van der Waals surface area contributed by atoms with Gasteiger partial charge in [-0.25, -0.2) is 9.69 Å². The number of urea groups is 1. The van der Waals surface area contributed by atoms with E-state index in [0.717, 1.165) is 22.8 Å². The van der Waals surface area contributed by atoms with Gasteiger partial charge in [0, 0.05) is 5.25 Å². The maximum atomic E-state index is 13.0. The molecule has 2 fully saturated rings. The van der Waals surface area contributed by atoms with Gasteiger partial charge in [-0.15, -0.1) is 0 Å². The summed E-state index contributed by atoms with van der Waals surface area (Å²) in [6.07, 6.45) is 7.40. The van der Waals surface area contributed by atoms with Crippen LogP contribution in [0.25, 0.3) is 6.08 Å². The molecule has 1 aliphatic heterocycles. The van der Waals surface area contributed by atoms with Gasteiger partial charge in [0.25, 0.3) is 11.8 Å². The minimum Gasteiger partial charge on any atom is -0.495 e. The number of carbonyl (C=O) groups is 3. The highest BCUT2D eigenvalue weighted by molar-refractivity contribution is 7.99. The first-order valence-corrected chi connectivity index (χ1v) is 11.2. The minimum atomic E-state index is -0.846. The van der Waals surface area contributed by atoms with Crippen LogP contribution in [-0.2, 0) is 9.59 Å². The van der Waals surface area contributed by atoms with Gasteiger partial charge >= 0.3 is 6.03 Å². The zero-order valence-electron chi connectivity index (χ0n) is 16.9. The first-order valence-electron chi connectivity index (χ1n) is 9.98. The molecule has 9 heteroatoms. The lowest BCUT2D eigenvalue weighted by Gasteiger charge is -2.26. The average Bonchev–Trinajstić information content (AvgIpc) is 3.19. The molecule has 7 nitrogen and oxygen atoms in total. The largest absolute Gasteiger partial charge is 0.495 e. The Morgan fingerprint density at radius 3 is 2.65 bits per heavy atom. The van der Waals surface area contributed by atoms with Crippen molar-refractivity contribution in [2.45, 2.75) is 42.4 Å². The molecule has 0 spiro atoms. The van der Waals surface area contributed by atoms with Crippen LogP contribution in [0.15, 0.2) is 45.4 Å². The molecular weight excluding hydrogens is 440 g/mol. The molecule has 1 aromatic heterocycles. The normalized spacial score (nSPS) is 19.1. The SMILES string of the molecule is COc1ccc(N2C(=O)NC(=O)/C(=C/c3ccc(SC4CCCCC4)o3)C2=O)cc1Cl. The fourth-order valence-electron chi connectivity index (χ4n) is 3.65. The van der Waals surface area contributed by atoms with Crippen LogP contribution >= 0.6 is 23.4 Å². The van der Waals surface area contributed by atoms with Crippen LogP contribution in [0.5, 0.6) is 5.75 Å². The number of methoxy groups -OCH3 is 1. The molecule has 2 heterocycles. The molecule has 1 aromatic carbocycles. The molecule has 4 amide bonds. The number of barbiturate groups is 1. The number of anilines is 1. The van der Waals surface area contributed by atoms with Crippen molar-refractivity contribution >= 4 is 53.0 Å². The number of ether oxygens (including phenoxy) is 1. The Bertz CT molecular complexity index is 1060. The fraction of sp³-hybridized carbons (Fsp3) is 0.318. The highest BCUT2D eigenvalue weighted by atomic mass is 35.5. The van der Waals surface area contributed by atoms with Gasteiger partial charge < -0.3 is 9.15 Å². The van der Waals surface area contributed by atoms with E-state index in [1.165, 1.54) is 44.6 Å². The topological polar surface area (TPSA) is 88.8 Å². The second-order valence-electron chi connectivity index (χ2n) is 7.31. The van der Waals surface area contributed by atoms with Crippen molar-refractivity contribution in [3.8, 4) is 5.75 Å². The summed E-state index contributed by atoms with van der Waals surface area (Å²) in [5.41, 5.74) is 0.0230. The highest BCUT2D eigenvalue weighted by Crippen LogP contribution is 2.35. The monoisotopic (exact) mass is 460 g/mol. The number of furan rings is 1. The number of imide groups is 2. The molecule has 2 aromatic rings. The van der Waals surface area contributed by atoms with Crippen LogP contribution < -0.4 is 15.0 Å². The third-order valence-corrected chi connectivity index (χ3v) is 6.77. The lowest BCUT2D eigenvalue weighted by Crippen LogP contribution is -2.54. The molecule has 1 saturated heterocycles. The lowest BCUT2D eigenvalue weighted by molar-refractivity contribution is -0.122.